The van der Waals surface area contributed by atoms with Crippen molar-refractivity contribution >= 4 is 24.5 Å². The van der Waals surface area contributed by atoms with Gasteiger partial charge < -0.3 is 8.85 Å². The van der Waals surface area contributed by atoms with Crippen LogP contribution in [0.15, 0.2) is 0 Å². The zero-order valence-electron chi connectivity index (χ0n) is 6.82. The summed E-state index contributed by atoms with van der Waals surface area (Å²) in [4.78, 5) is 0. The SMILES string of the molecule is CC[Si](CC)(OC)OCBr. The van der Waals surface area contributed by atoms with Crippen molar-refractivity contribution in [3.63, 3.8) is 0 Å². The number of halogens is 1. The number of hydrogen-bond acceptors (Lipinski definition) is 2. The van der Waals surface area contributed by atoms with Gasteiger partial charge in [-0.15, -0.1) is 0 Å². The van der Waals surface area contributed by atoms with Crippen LogP contribution in [-0.4, -0.2) is 21.2 Å². The normalized spacial score (nSPS) is 12.0. The third-order valence-electron chi connectivity index (χ3n) is 1.77. The van der Waals surface area contributed by atoms with Crippen molar-refractivity contribution in [3.8, 4) is 0 Å². The van der Waals surface area contributed by atoms with E-state index in [0.717, 1.165) is 12.1 Å². The molecule has 4 heteroatoms. The molecule has 0 aliphatic rings. The van der Waals surface area contributed by atoms with E-state index in [1.54, 1.807) is 7.11 Å². The van der Waals surface area contributed by atoms with Crippen molar-refractivity contribution in [2.24, 2.45) is 0 Å². The van der Waals surface area contributed by atoms with Gasteiger partial charge in [0.05, 0.1) is 5.52 Å². The van der Waals surface area contributed by atoms with Crippen LogP contribution in [0.1, 0.15) is 13.8 Å². The van der Waals surface area contributed by atoms with E-state index in [1.807, 2.05) is 0 Å². The lowest BCUT2D eigenvalue weighted by atomic mass is 10.9. The molecule has 0 fully saturated rings. The molecule has 0 spiro atoms. The van der Waals surface area contributed by atoms with E-state index in [4.69, 9.17) is 8.85 Å². The topological polar surface area (TPSA) is 18.5 Å². The molecule has 0 saturated carbocycles. The summed E-state index contributed by atoms with van der Waals surface area (Å²) in [5.41, 5.74) is 0.592. The number of alkyl halides is 1. The fourth-order valence-corrected chi connectivity index (χ4v) is 3.96. The van der Waals surface area contributed by atoms with Crippen molar-refractivity contribution in [1.82, 2.24) is 0 Å². The van der Waals surface area contributed by atoms with E-state index in [9.17, 15) is 0 Å². The van der Waals surface area contributed by atoms with Gasteiger partial charge in [0.2, 0.25) is 0 Å². The van der Waals surface area contributed by atoms with Gasteiger partial charge in [0, 0.05) is 7.11 Å². The molecule has 0 aromatic heterocycles. The van der Waals surface area contributed by atoms with Crippen LogP contribution in [0.2, 0.25) is 12.1 Å². The second-order valence-corrected chi connectivity index (χ2v) is 6.47. The molecule has 0 heterocycles. The van der Waals surface area contributed by atoms with Crippen LogP contribution in [0.3, 0.4) is 0 Å². The Labute approximate surface area is 72.3 Å². The van der Waals surface area contributed by atoms with E-state index < -0.39 is 8.56 Å². The zero-order chi connectivity index (χ0) is 8.04. The lowest BCUT2D eigenvalue weighted by Gasteiger charge is -2.25. The summed E-state index contributed by atoms with van der Waals surface area (Å²) in [5.74, 6) is 0. The molecule has 0 rings (SSSR count). The Kier molecular flexibility index (Phi) is 5.62. The average molecular weight is 227 g/mol. The first-order valence-corrected chi connectivity index (χ1v) is 6.85. The Morgan fingerprint density at radius 3 is 1.90 bits per heavy atom. The van der Waals surface area contributed by atoms with E-state index in [-0.39, 0.29) is 0 Å². The molecular weight excluding hydrogens is 212 g/mol. The van der Waals surface area contributed by atoms with Crippen LogP contribution in [-0.2, 0) is 8.85 Å². The standard InChI is InChI=1S/C6H15BrO2Si/c1-4-10(5-2,8-3)9-6-7/h4-6H2,1-3H3. The Hall–Kier alpha value is 0.617. The highest BCUT2D eigenvalue weighted by molar-refractivity contribution is 9.09. The van der Waals surface area contributed by atoms with Gasteiger partial charge in [-0.25, -0.2) is 0 Å². The van der Waals surface area contributed by atoms with E-state index in [1.165, 1.54) is 0 Å². The van der Waals surface area contributed by atoms with Gasteiger partial charge in [0.25, 0.3) is 0 Å². The molecule has 0 aliphatic carbocycles. The van der Waals surface area contributed by atoms with E-state index >= 15 is 0 Å². The summed E-state index contributed by atoms with van der Waals surface area (Å²) in [5, 5.41) is 0. The molecule has 0 N–H and O–H groups in total. The monoisotopic (exact) mass is 226 g/mol. The minimum Gasteiger partial charge on any atom is -0.398 e. The number of hydrogen-bond donors (Lipinski definition) is 0. The quantitative estimate of drug-likeness (QED) is 0.530. The maximum atomic E-state index is 5.51. The molecule has 0 aliphatic heterocycles. The second-order valence-electron chi connectivity index (χ2n) is 2.08. The highest BCUT2D eigenvalue weighted by Crippen LogP contribution is 2.17. The Balaban J connectivity index is 3.87. The van der Waals surface area contributed by atoms with Gasteiger partial charge in [-0.3, -0.25) is 0 Å². The zero-order valence-corrected chi connectivity index (χ0v) is 9.40. The van der Waals surface area contributed by atoms with E-state index in [0.29, 0.717) is 5.52 Å². The lowest BCUT2D eigenvalue weighted by molar-refractivity contribution is 0.237. The molecule has 0 bridgehead atoms. The summed E-state index contributed by atoms with van der Waals surface area (Å²) in [6.45, 7) is 4.23. The predicted molar refractivity (Wildman–Crippen MR) is 48.6 cm³/mol. The largest absolute Gasteiger partial charge is 0.398 e. The van der Waals surface area contributed by atoms with Crippen molar-refractivity contribution in [2.45, 2.75) is 25.9 Å². The summed E-state index contributed by atoms with van der Waals surface area (Å²) in [6.07, 6.45) is 0. The highest BCUT2D eigenvalue weighted by atomic mass is 79.9. The molecule has 0 aromatic rings. The van der Waals surface area contributed by atoms with Crippen molar-refractivity contribution in [3.05, 3.63) is 0 Å². The highest BCUT2D eigenvalue weighted by Gasteiger charge is 2.31. The fraction of sp³-hybridized carbons (Fsp3) is 1.00. The maximum Gasteiger partial charge on any atom is 0.337 e. The molecular formula is C6H15BrO2Si. The molecule has 0 unspecified atom stereocenters. The van der Waals surface area contributed by atoms with Gasteiger partial charge in [0.15, 0.2) is 0 Å². The van der Waals surface area contributed by atoms with Gasteiger partial charge in [-0.2, -0.15) is 0 Å². The van der Waals surface area contributed by atoms with Crippen LogP contribution >= 0.6 is 15.9 Å². The van der Waals surface area contributed by atoms with Crippen LogP contribution < -0.4 is 0 Å². The maximum absolute atomic E-state index is 5.51. The summed E-state index contributed by atoms with van der Waals surface area (Å²) >= 11 is 3.24. The summed E-state index contributed by atoms with van der Waals surface area (Å²) < 4.78 is 10.9. The smallest absolute Gasteiger partial charge is 0.337 e. The molecule has 0 amide bonds. The molecule has 10 heavy (non-hydrogen) atoms. The summed E-state index contributed by atoms with van der Waals surface area (Å²) in [7, 11) is -0.0263. The van der Waals surface area contributed by atoms with Gasteiger partial charge in [-0.1, -0.05) is 29.8 Å². The Morgan fingerprint density at radius 2 is 1.80 bits per heavy atom. The average Bonchev–Trinajstić information content (AvgIpc) is 2.01. The summed E-state index contributed by atoms with van der Waals surface area (Å²) in [6, 6.07) is 2.04. The fourth-order valence-electron chi connectivity index (χ4n) is 0.901. The van der Waals surface area contributed by atoms with Crippen LogP contribution in [0, 0.1) is 0 Å². The lowest BCUT2D eigenvalue weighted by Crippen LogP contribution is -2.38. The number of rotatable bonds is 5. The third kappa shape index (κ3) is 2.70. The molecule has 2 nitrogen and oxygen atoms in total. The molecule has 0 saturated heterocycles. The van der Waals surface area contributed by atoms with Crippen molar-refractivity contribution < 1.29 is 8.85 Å². The van der Waals surface area contributed by atoms with Gasteiger partial charge in [-0.05, 0) is 12.1 Å². The first kappa shape index (κ1) is 10.6. The molecule has 0 aromatic carbocycles. The first-order chi connectivity index (χ1) is 4.74. The minimum absolute atomic E-state index is 0.592. The molecule has 0 atom stereocenters. The third-order valence-corrected chi connectivity index (χ3v) is 5.99. The second kappa shape index (κ2) is 5.29. The Morgan fingerprint density at radius 1 is 1.30 bits per heavy atom. The molecule has 0 radical (unpaired) electrons. The predicted octanol–water partition coefficient (Wildman–Crippen LogP) is 2.48. The van der Waals surface area contributed by atoms with E-state index in [2.05, 4.69) is 29.8 Å². The van der Waals surface area contributed by atoms with Gasteiger partial charge >= 0.3 is 8.56 Å². The van der Waals surface area contributed by atoms with Crippen LogP contribution in [0.4, 0.5) is 0 Å². The minimum atomic E-state index is -1.76. The Bertz CT molecular complexity index is 77.6. The van der Waals surface area contributed by atoms with Gasteiger partial charge in [0.1, 0.15) is 0 Å². The van der Waals surface area contributed by atoms with Crippen LogP contribution in [0.5, 0.6) is 0 Å². The molecule has 62 valence electrons. The van der Waals surface area contributed by atoms with Crippen molar-refractivity contribution in [1.29, 1.82) is 0 Å². The first-order valence-electron chi connectivity index (χ1n) is 3.49. The van der Waals surface area contributed by atoms with Crippen molar-refractivity contribution in [2.75, 3.05) is 12.6 Å². The van der Waals surface area contributed by atoms with Crippen LogP contribution in [0.25, 0.3) is 0 Å².